The molecule has 1 amide bonds. The van der Waals surface area contributed by atoms with Crippen LogP contribution < -0.4 is 11.1 Å². The minimum absolute atomic E-state index is 0.168. The molecule has 0 saturated carbocycles. The molecule has 0 aliphatic rings. The standard InChI is InChI=1S/C12H15N5O/c1-8(2)17-11(4-6-15-17)16-12(18)9-7-14-5-3-10(9)13/h3-8H,1-2H3,(H2,13,14)(H,16,18). The van der Waals surface area contributed by atoms with Crippen molar-refractivity contribution in [1.29, 1.82) is 0 Å². The lowest BCUT2D eigenvalue weighted by molar-refractivity contribution is 0.102. The zero-order valence-electron chi connectivity index (χ0n) is 10.3. The van der Waals surface area contributed by atoms with E-state index in [0.29, 0.717) is 17.1 Å². The molecule has 2 rings (SSSR count). The highest BCUT2D eigenvalue weighted by atomic mass is 16.1. The van der Waals surface area contributed by atoms with Gasteiger partial charge in [-0.3, -0.25) is 9.78 Å². The molecule has 0 spiro atoms. The van der Waals surface area contributed by atoms with Gasteiger partial charge in [-0.05, 0) is 19.9 Å². The summed E-state index contributed by atoms with van der Waals surface area (Å²) in [4.78, 5) is 15.9. The summed E-state index contributed by atoms with van der Waals surface area (Å²) in [6.45, 7) is 3.97. The first-order valence-corrected chi connectivity index (χ1v) is 5.64. The Bertz CT molecular complexity index is 561. The van der Waals surface area contributed by atoms with Crippen LogP contribution in [-0.2, 0) is 0 Å². The van der Waals surface area contributed by atoms with Crippen molar-refractivity contribution >= 4 is 17.4 Å². The second-order valence-corrected chi connectivity index (χ2v) is 4.17. The fourth-order valence-electron chi connectivity index (χ4n) is 1.60. The molecule has 0 radical (unpaired) electrons. The Balaban J connectivity index is 2.22. The summed E-state index contributed by atoms with van der Waals surface area (Å²) >= 11 is 0. The highest BCUT2D eigenvalue weighted by Gasteiger charge is 2.13. The number of carbonyl (C=O) groups excluding carboxylic acids is 1. The number of amides is 1. The van der Waals surface area contributed by atoms with E-state index >= 15 is 0 Å². The number of nitrogens with zero attached hydrogens (tertiary/aromatic N) is 3. The van der Waals surface area contributed by atoms with Gasteiger partial charge in [-0.25, -0.2) is 4.68 Å². The van der Waals surface area contributed by atoms with Crippen LogP contribution in [0.3, 0.4) is 0 Å². The van der Waals surface area contributed by atoms with E-state index in [1.54, 1.807) is 29.2 Å². The van der Waals surface area contributed by atoms with Gasteiger partial charge in [0.25, 0.3) is 5.91 Å². The van der Waals surface area contributed by atoms with Gasteiger partial charge < -0.3 is 11.1 Å². The van der Waals surface area contributed by atoms with Gasteiger partial charge in [0.05, 0.1) is 11.8 Å². The first kappa shape index (κ1) is 12.1. The maximum absolute atomic E-state index is 12.0. The summed E-state index contributed by atoms with van der Waals surface area (Å²) in [5.41, 5.74) is 6.48. The zero-order valence-corrected chi connectivity index (χ0v) is 10.3. The average molecular weight is 245 g/mol. The van der Waals surface area contributed by atoms with Gasteiger partial charge in [0, 0.05) is 30.2 Å². The zero-order chi connectivity index (χ0) is 13.1. The molecule has 0 saturated heterocycles. The molecule has 94 valence electrons. The van der Waals surface area contributed by atoms with E-state index in [-0.39, 0.29) is 11.9 Å². The van der Waals surface area contributed by atoms with Crippen molar-refractivity contribution in [3.8, 4) is 0 Å². The molecular weight excluding hydrogens is 230 g/mol. The van der Waals surface area contributed by atoms with Crippen molar-refractivity contribution in [2.45, 2.75) is 19.9 Å². The van der Waals surface area contributed by atoms with Crippen molar-refractivity contribution < 1.29 is 4.79 Å². The van der Waals surface area contributed by atoms with Crippen LogP contribution in [0.2, 0.25) is 0 Å². The summed E-state index contributed by atoms with van der Waals surface area (Å²) in [6, 6.07) is 3.50. The second kappa shape index (κ2) is 4.87. The third-order valence-electron chi connectivity index (χ3n) is 2.50. The first-order chi connectivity index (χ1) is 8.59. The van der Waals surface area contributed by atoms with Gasteiger partial charge in [0.15, 0.2) is 0 Å². The summed E-state index contributed by atoms with van der Waals surface area (Å²) < 4.78 is 1.73. The number of nitrogens with two attached hydrogens (primary N) is 1. The molecule has 6 nitrogen and oxygen atoms in total. The molecular formula is C12H15N5O. The SMILES string of the molecule is CC(C)n1nccc1NC(=O)c1cnccc1N. The monoisotopic (exact) mass is 245 g/mol. The largest absolute Gasteiger partial charge is 0.398 e. The number of nitrogen functional groups attached to an aromatic ring is 1. The minimum Gasteiger partial charge on any atom is -0.398 e. The lowest BCUT2D eigenvalue weighted by Crippen LogP contribution is -2.18. The summed E-state index contributed by atoms with van der Waals surface area (Å²) in [7, 11) is 0. The van der Waals surface area contributed by atoms with Gasteiger partial charge in [0.1, 0.15) is 5.82 Å². The van der Waals surface area contributed by atoms with Crippen LogP contribution >= 0.6 is 0 Å². The predicted molar refractivity (Wildman–Crippen MR) is 69.2 cm³/mol. The van der Waals surface area contributed by atoms with Gasteiger partial charge >= 0.3 is 0 Å². The van der Waals surface area contributed by atoms with Gasteiger partial charge in [0.2, 0.25) is 0 Å². The van der Waals surface area contributed by atoms with E-state index in [1.807, 2.05) is 13.8 Å². The van der Waals surface area contributed by atoms with Crippen LogP contribution in [0, 0.1) is 0 Å². The maximum atomic E-state index is 12.0. The summed E-state index contributed by atoms with van der Waals surface area (Å²) in [5.74, 6) is 0.348. The molecule has 0 aromatic carbocycles. The molecule has 6 heteroatoms. The van der Waals surface area contributed by atoms with Crippen LogP contribution in [0.25, 0.3) is 0 Å². The van der Waals surface area contributed by atoms with Crippen molar-refractivity contribution in [3.63, 3.8) is 0 Å². The lowest BCUT2D eigenvalue weighted by atomic mass is 10.2. The summed E-state index contributed by atoms with van der Waals surface area (Å²) in [5, 5.41) is 6.91. The van der Waals surface area contributed by atoms with Crippen molar-refractivity contribution in [1.82, 2.24) is 14.8 Å². The molecule has 0 fully saturated rings. The van der Waals surface area contributed by atoms with Crippen LogP contribution in [0.4, 0.5) is 11.5 Å². The van der Waals surface area contributed by atoms with E-state index in [0.717, 1.165) is 0 Å². The van der Waals surface area contributed by atoms with Crippen LogP contribution in [-0.4, -0.2) is 20.7 Å². The molecule has 2 aromatic rings. The third kappa shape index (κ3) is 2.32. The molecule has 0 bridgehead atoms. The molecule has 3 N–H and O–H groups in total. The number of anilines is 2. The number of hydrogen-bond donors (Lipinski definition) is 2. The number of pyridine rings is 1. The molecule has 18 heavy (non-hydrogen) atoms. The van der Waals surface area contributed by atoms with Gasteiger partial charge in [-0.1, -0.05) is 0 Å². The smallest absolute Gasteiger partial charge is 0.260 e. The number of aromatic nitrogens is 3. The Kier molecular flexibility index (Phi) is 3.27. The Morgan fingerprint density at radius 1 is 1.39 bits per heavy atom. The van der Waals surface area contributed by atoms with Crippen molar-refractivity contribution in [2.24, 2.45) is 0 Å². The van der Waals surface area contributed by atoms with Crippen LogP contribution in [0.15, 0.2) is 30.7 Å². The highest BCUT2D eigenvalue weighted by molar-refractivity contribution is 6.07. The molecule has 0 aliphatic heterocycles. The van der Waals surface area contributed by atoms with E-state index < -0.39 is 0 Å². The normalized spacial score (nSPS) is 10.6. The average Bonchev–Trinajstić information content (AvgIpc) is 2.77. The molecule has 2 aromatic heterocycles. The fraction of sp³-hybridized carbons (Fsp3) is 0.250. The van der Waals surface area contributed by atoms with Crippen molar-refractivity contribution in [2.75, 3.05) is 11.1 Å². The molecule has 0 unspecified atom stereocenters. The number of rotatable bonds is 3. The quantitative estimate of drug-likeness (QED) is 0.861. The molecule has 0 aliphatic carbocycles. The fourth-order valence-corrected chi connectivity index (χ4v) is 1.60. The van der Waals surface area contributed by atoms with Crippen molar-refractivity contribution in [3.05, 3.63) is 36.3 Å². The Hall–Kier alpha value is -2.37. The number of carbonyl (C=O) groups is 1. The van der Waals surface area contributed by atoms with E-state index in [4.69, 9.17) is 5.73 Å². The third-order valence-corrected chi connectivity index (χ3v) is 2.50. The lowest BCUT2D eigenvalue weighted by Gasteiger charge is -2.12. The Morgan fingerprint density at radius 3 is 2.83 bits per heavy atom. The van der Waals surface area contributed by atoms with Gasteiger partial charge in [-0.15, -0.1) is 0 Å². The van der Waals surface area contributed by atoms with E-state index in [2.05, 4.69) is 15.4 Å². The van der Waals surface area contributed by atoms with Crippen LogP contribution in [0.1, 0.15) is 30.2 Å². The van der Waals surface area contributed by atoms with E-state index in [9.17, 15) is 4.79 Å². The summed E-state index contributed by atoms with van der Waals surface area (Å²) in [6.07, 6.45) is 4.63. The topological polar surface area (TPSA) is 85.8 Å². The first-order valence-electron chi connectivity index (χ1n) is 5.64. The Morgan fingerprint density at radius 2 is 2.17 bits per heavy atom. The predicted octanol–water partition coefficient (Wildman–Crippen LogP) is 1.69. The number of hydrogen-bond acceptors (Lipinski definition) is 4. The molecule has 2 heterocycles. The van der Waals surface area contributed by atoms with Crippen LogP contribution in [0.5, 0.6) is 0 Å². The highest BCUT2D eigenvalue weighted by Crippen LogP contribution is 2.16. The second-order valence-electron chi connectivity index (χ2n) is 4.17. The maximum Gasteiger partial charge on any atom is 0.260 e. The number of nitrogens with one attached hydrogen (secondary N) is 1. The van der Waals surface area contributed by atoms with E-state index in [1.165, 1.54) is 6.20 Å². The Labute approximate surface area is 105 Å². The minimum atomic E-state index is -0.289. The van der Waals surface area contributed by atoms with Gasteiger partial charge in [-0.2, -0.15) is 5.10 Å². The molecule has 0 atom stereocenters.